The Bertz CT molecular complexity index is 327. The number of amides is 1. The highest BCUT2D eigenvalue weighted by Gasteiger charge is 2.10. The number of primary amides is 1. The Kier molecular flexibility index (Phi) is 3.81. The maximum absolute atomic E-state index is 10.5. The highest BCUT2D eigenvalue weighted by molar-refractivity contribution is 5.79. The highest BCUT2D eigenvalue weighted by atomic mass is 16.5. The average molecular weight is 212 g/mol. The fraction of sp³-hybridized carbons (Fsp3) is 0.375. The van der Waals surface area contributed by atoms with E-state index < -0.39 is 12.0 Å². The van der Waals surface area contributed by atoms with E-state index in [4.69, 9.17) is 15.6 Å². The van der Waals surface area contributed by atoms with Crippen molar-refractivity contribution in [1.82, 2.24) is 9.97 Å². The van der Waals surface area contributed by atoms with Crippen molar-refractivity contribution in [2.75, 3.05) is 19.0 Å². The molecule has 1 heterocycles. The molecule has 0 aromatic carbocycles. The number of carbonyl (C=O) groups is 1. The Morgan fingerprint density at radius 1 is 1.67 bits per heavy atom. The average Bonchev–Trinajstić information content (AvgIpc) is 2.26. The second-order valence-electron chi connectivity index (χ2n) is 2.75. The highest BCUT2D eigenvalue weighted by Crippen LogP contribution is 2.06. The summed E-state index contributed by atoms with van der Waals surface area (Å²) in [6.45, 7) is -0.0261. The molecule has 0 saturated carbocycles. The van der Waals surface area contributed by atoms with Gasteiger partial charge in [-0.05, 0) is 0 Å². The van der Waals surface area contributed by atoms with Gasteiger partial charge in [-0.15, -0.1) is 0 Å². The maximum Gasteiger partial charge on any atom is 0.248 e. The number of hydrogen-bond donors (Lipinski definition) is 3. The van der Waals surface area contributed by atoms with Crippen LogP contribution in [0.25, 0.3) is 0 Å². The summed E-state index contributed by atoms with van der Waals surface area (Å²) in [6.07, 6.45) is 1.67. The third-order valence-electron chi connectivity index (χ3n) is 1.65. The summed E-state index contributed by atoms with van der Waals surface area (Å²) in [5.74, 6) is 0.0168. The van der Waals surface area contributed by atoms with Gasteiger partial charge < -0.3 is 20.9 Å². The second-order valence-corrected chi connectivity index (χ2v) is 2.75. The monoisotopic (exact) mass is 212 g/mol. The van der Waals surface area contributed by atoms with E-state index in [1.165, 1.54) is 19.5 Å². The minimum Gasteiger partial charge on any atom is -0.494 e. The van der Waals surface area contributed by atoms with Crippen LogP contribution in [0, 0.1) is 0 Å². The molecule has 1 aromatic rings. The van der Waals surface area contributed by atoms with Crippen LogP contribution in [0.3, 0.4) is 0 Å². The van der Waals surface area contributed by atoms with Crippen molar-refractivity contribution in [1.29, 1.82) is 0 Å². The molecule has 1 aromatic heterocycles. The summed E-state index contributed by atoms with van der Waals surface area (Å²) < 4.78 is 4.86. The lowest BCUT2D eigenvalue weighted by Crippen LogP contribution is -2.34. The van der Waals surface area contributed by atoms with Gasteiger partial charge in [0.25, 0.3) is 0 Å². The first-order chi connectivity index (χ1) is 7.13. The molecule has 0 aliphatic carbocycles. The first-order valence-corrected chi connectivity index (χ1v) is 4.20. The number of nitrogens with zero attached hydrogens (tertiary/aromatic N) is 2. The van der Waals surface area contributed by atoms with E-state index in [1.807, 2.05) is 0 Å². The fourth-order valence-electron chi connectivity index (χ4n) is 0.801. The zero-order valence-corrected chi connectivity index (χ0v) is 8.17. The van der Waals surface area contributed by atoms with E-state index in [9.17, 15) is 4.79 Å². The number of rotatable bonds is 5. The number of aliphatic hydroxyl groups is 1. The van der Waals surface area contributed by atoms with E-state index in [2.05, 4.69) is 15.3 Å². The number of methoxy groups -OCH3 is 1. The van der Waals surface area contributed by atoms with Gasteiger partial charge in [-0.1, -0.05) is 0 Å². The van der Waals surface area contributed by atoms with Crippen LogP contribution in [0.4, 0.5) is 5.95 Å². The lowest BCUT2D eigenvalue weighted by Gasteiger charge is -2.07. The van der Waals surface area contributed by atoms with Crippen LogP contribution in [-0.2, 0) is 4.79 Å². The van der Waals surface area contributed by atoms with Gasteiger partial charge in [0.15, 0.2) is 5.75 Å². The smallest absolute Gasteiger partial charge is 0.248 e. The second kappa shape index (κ2) is 5.11. The molecule has 1 amide bonds. The molecule has 0 aliphatic heterocycles. The summed E-state index contributed by atoms with van der Waals surface area (Å²) >= 11 is 0. The van der Waals surface area contributed by atoms with Crippen molar-refractivity contribution in [2.45, 2.75) is 6.10 Å². The van der Waals surface area contributed by atoms with E-state index in [1.54, 1.807) is 0 Å². The Morgan fingerprint density at radius 2 is 2.27 bits per heavy atom. The van der Waals surface area contributed by atoms with Crippen LogP contribution < -0.4 is 15.8 Å². The van der Waals surface area contributed by atoms with Crippen LogP contribution in [0.15, 0.2) is 12.4 Å². The normalized spacial score (nSPS) is 11.9. The number of nitrogens with one attached hydrogen (secondary N) is 1. The molecule has 0 saturated heterocycles. The Balaban J connectivity index is 2.47. The largest absolute Gasteiger partial charge is 0.494 e. The van der Waals surface area contributed by atoms with E-state index >= 15 is 0 Å². The van der Waals surface area contributed by atoms with Crippen molar-refractivity contribution in [3.8, 4) is 5.75 Å². The molecule has 0 bridgehead atoms. The predicted octanol–water partition coefficient (Wildman–Crippen LogP) is -1.26. The van der Waals surface area contributed by atoms with Crippen molar-refractivity contribution >= 4 is 11.9 Å². The number of nitrogens with two attached hydrogens (primary N) is 1. The summed E-state index contributed by atoms with van der Waals surface area (Å²) in [5.41, 5.74) is 4.86. The Labute approximate surface area is 86.3 Å². The van der Waals surface area contributed by atoms with Crippen molar-refractivity contribution in [2.24, 2.45) is 5.73 Å². The molecule has 15 heavy (non-hydrogen) atoms. The lowest BCUT2D eigenvalue weighted by atomic mass is 10.3. The summed E-state index contributed by atoms with van der Waals surface area (Å²) in [5, 5.41) is 11.7. The molecule has 4 N–H and O–H groups in total. The van der Waals surface area contributed by atoms with Crippen LogP contribution in [0.5, 0.6) is 5.75 Å². The maximum atomic E-state index is 10.5. The molecule has 7 nitrogen and oxygen atoms in total. The van der Waals surface area contributed by atoms with Gasteiger partial charge in [-0.25, -0.2) is 9.97 Å². The standard InChI is InChI=1S/C8H12N4O3/c1-15-5-2-10-8(11-3-5)12-4-6(13)7(9)14/h2-3,6,13H,4H2,1H3,(H2,9,14)(H,10,11,12). The molecule has 82 valence electrons. The number of carbonyl (C=O) groups excluding carboxylic acids is 1. The zero-order chi connectivity index (χ0) is 11.3. The van der Waals surface area contributed by atoms with Gasteiger partial charge in [0, 0.05) is 0 Å². The van der Waals surface area contributed by atoms with Gasteiger partial charge >= 0.3 is 0 Å². The number of ether oxygens (including phenoxy) is 1. The molecule has 1 unspecified atom stereocenters. The number of aromatic nitrogens is 2. The van der Waals surface area contributed by atoms with Gasteiger partial charge in [0.05, 0.1) is 26.0 Å². The molecule has 0 spiro atoms. The summed E-state index contributed by atoms with van der Waals surface area (Å²) in [7, 11) is 1.50. The topological polar surface area (TPSA) is 110 Å². The van der Waals surface area contributed by atoms with Gasteiger partial charge in [0.2, 0.25) is 11.9 Å². The van der Waals surface area contributed by atoms with Crippen molar-refractivity contribution in [3.05, 3.63) is 12.4 Å². The first-order valence-electron chi connectivity index (χ1n) is 4.20. The predicted molar refractivity (Wildman–Crippen MR) is 52.3 cm³/mol. The van der Waals surface area contributed by atoms with Gasteiger partial charge in [-0.3, -0.25) is 4.79 Å². The Morgan fingerprint density at radius 3 is 2.73 bits per heavy atom. The SMILES string of the molecule is COc1cnc(NCC(O)C(N)=O)nc1. The van der Waals surface area contributed by atoms with Crippen molar-refractivity contribution < 1.29 is 14.6 Å². The zero-order valence-electron chi connectivity index (χ0n) is 8.17. The molecular formula is C8H12N4O3. The number of anilines is 1. The van der Waals surface area contributed by atoms with E-state index in [-0.39, 0.29) is 12.5 Å². The Hall–Kier alpha value is -1.89. The minimum atomic E-state index is -1.25. The molecule has 0 fully saturated rings. The first kappa shape index (κ1) is 11.2. The summed E-state index contributed by atoms with van der Waals surface area (Å²) in [6, 6.07) is 0. The van der Waals surface area contributed by atoms with Gasteiger partial charge in [-0.2, -0.15) is 0 Å². The molecule has 0 aliphatic rings. The third kappa shape index (κ3) is 3.39. The quantitative estimate of drug-likeness (QED) is 0.562. The lowest BCUT2D eigenvalue weighted by molar-refractivity contribution is -0.125. The van der Waals surface area contributed by atoms with Crippen LogP contribution in [-0.4, -0.2) is 40.7 Å². The van der Waals surface area contributed by atoms with Gasteiger partial charge in [0.1, 0.15) is 6.10 Å². The minimum absolute atomic E-state index is 0.0261. The van der Waals surface area contributed by atoms with Crippen LogP contribution >= 0.6 is 0 Å². The molecule has 1 atom stereocenters. The van der Waals surface area contributed by atoms with Crippen molar-refractivity contribution in [3.63, 3.8) is 0 Å². The fourth-order valence-corrected chi connectivity index (χ4v) is 0.801. The molecule has 0 radical (unpaired) electrons. The van der Waals surface area contributed by atoms with Crippen LogP contribution in [0.2, 0.25) is 0 Å². The third-order valence-corrected chi connectivity index (χ3v) is 1.65. The molecule has 1 rings (SSSR count). The number of hydrogen-bond acceptors (Lipinski definition) is 6. The van der Waals surface area contributed by atoms with E-state index in [0.717, 1.165) is 0 Å². The summed E-state index contributed by atoms with van der Waals surface area (Å²) in [4.78, 5) is 18.2. The number of aliphatic hydroxyl groups excluding tert-OH is 1. The molecule has 7 heteroatoms. The van der Waals surface area contributed by atoms with Crippen LogP contribution in [0.1, 0.15) is 0 Å². The van der Waals surface area contributed by atoms with E-state index in [0.29, 0.717) is 5.75 Å². The molecular weight excluding hydrogens is 200 g/mol.